The van der Waals surface area contributed by atoms with Crippen molar-refractivity contribution in [2.75, 3.05) is 12.4 Å². The van der Waals surface area contributed by atoms with E-state index in [9.17, 15) is 9.90 Å². The van der Waals surface area contributed by atoms with Gasteiger partial charge in [0.1, 0.15) is 12.4 Å². The molecule has 0 radical (unpaired) electrons. The Morgan fingerprint density at radius 1 is 1.22 bits per heavy atom. The van der Waals surface area contributed by atoms with E-state index in [0.717, 1.165) is 16.9 Å². The Morgan fingerprint density at radius 2 is 2.00 bits per heavy atom. The van der Waals surface area contributed by atoms with E-state index >= 15 is 0 Å². The maximum atomic E-state index is 11.5. The summed E-state index contributed by atoms with van der Waals surface area (Å²) in [6, 6.07) is 11.2. The topological polar surface area (TPSA) is 67.8 Å². The summed E-state index contributed by atoms with van der Waals surface area (Å²) in [5.74, 6) is 0.771. The zero-order valence-corrected chi connectivity index (χ0v) is 13.6. The van der Waals surface area contributed by atoms with Gasteiger partial charge in [0.25, 0.3) is 0 Å². The van der Waals surface area contributed by atoms with Crippen molar-refractivity contribution in [3.63, 3.8) is 0 Å². The Labute approximate surface area is 135 Å². The number of anilines is 1. The number of rotatable bonds is 5. The number of hydrogen-bond acceptors (Lipinski definition) is 4. The number of aliphatic hydroxyl groups is 1. The Balaban J connectivity index is 2.24. The van der Waals surface area contributed by atoms with Crippen LogP contribution in [0.25, 0.3) is 0 Å². The fraction of sp³-hybridized carbons (Fsp3) is 0.278. The number of nitrogens with one attached hydrogen (secondary N) is 1. The van der Waals surface area contributed by atoms with Crippen LogP contribution in [-0.4, -0.2) is 18.3 Å². The van der Waals surface area contributed by atoms with E-state index in [1.54, 1.807) is 18.2 Å². The van der Waals surface area contributed by atoms with Crippen LogP contribution in [0.4, 0.5) is 10.5 Å². The second-order valence-electron chi connectivity index (χ2n) is 5.28. The lowest BCUT2D eigenvalue weighted by atomic mass is 10.1. The minimum Gasteiger partial charge on any atom is -0.489 e. The van der Waals surface area contributed by atoms with Crippen LogP contribution in [-0.2, 0) is 18.0 Å². The van der Waals surface area contributed by atoms with Crippen molar-refractivity contribution in [3.05, 3.63) is 58.7 Å². The molecule has 5 heteroatoms. The predicted octanol–water partition coefficient (Wildman–Crippen LogP) is 3.55. The van der Waals surface area contributed by atoms with E-state index in [1.165, 1.54) is 12.7 Å². The Hall–Kier alpha value is -2.53. The van der Waals surface area contributed by atoms with Gasteiger partial charge >= 0.3 is 6.09 Å². The molecule has 2 N–H and O–H groups in total. The molecule has 1 amide bonds. The average Bonchev–Trinajstić information content (AvgIpc) is 2.54. The van der Waals surface area contributed by atoms with Crippen LogP contribution in [0.5, 0.6) is 5.75 Å². The minimum absolute atomic E-state index is 0.137. The number of aliphatic hydroxyl groups excluding tert-OH is 1. The molecule has 0 heterocycles. The third kappa shape index (κ3) is 4.23. The number of carbonyl (C=O) groups is 1. The number of carbonyl (C=O) groups excluding carboxylic acids is 1. The fourth-order valence-corrected chi connectivity index (χ4v) is 2.34. The van der Waals surface area contributed by atoms with Crippen LogP contribution >= 0.6 is 0 Å². The summed E-state index contributed by atoms with van der Waals surface area (Å²) in [6.45, 7) is 4.10. The number of methoxy groups -OCH3 is 1. The monoisotopic (exact) mass is 315 g/mol. The minimum atomic E-state index is -0.562. The molecule has 0 bridgehead atoms. The molecule has 2 aromatic carbocycles. The molecule has 122 valence electrons. The number of amides is 1. The van der Waals surface area contributed by atoms with E-state index in [-0.39, 0.29) is 13.2 Å². The van der Waals surface area contributed by atoms with E-state index in [1.807, 2.05) is 32.0 Å². The van der Waals surface area contributed by atoms with Crippen LogP contribution in [0, 0.1) is 13.8 Å². The number of hydrogen-bond donors (Lipinski definition) is 2. The zero-order chi connectivity index (χ0) is 16.8. The molecular weight excluding hydrogens is 294 g/mol. The van der Waals surface area contributed by atoms with Gasteiger partial charge in [0.05, 0.1) is 19.4 Å². The zero-order valence-electron chi connectivity index (χ0n) is 13.6. The van der Waals surface area contributed by atoms with Gasteiger partial charge < -0.3 is 14.6 Å². The lowest BCUT2D eigenvalue weighted by molar-refractivity contribution is 0.187. The van der Waals surface area contributed by atoms with Crippen LogP contribution in [0.3, 0.4) is 0 Å². The summed E-state index contributed by atoms with van der Waals surface area (Å²) in [5, 5.41) is 12.2. The molecule has 0 saturated heterocycles. The molecular formula is C18H21NO4. The summed E-state index contributed by atoms with van der Waals surface area (Å²) in [4.78, 5) is 11.5. The molecule has 2 rings (SSSR count). The third-order valence-electron chi connectivity index (χ3n) is 3.57. The molecule has 23 heavy (non-hydrogen) atoms. The Morgan fingerprint density at radius 3 is 2.65 bits per heavy atom. The molecule has 2 aromatic rings. The predicted molar refractivity (Wildman–Crippen MR) is 88.6 cm³/mol. The highest BCUT2D eigenvalue weighted by Crippen LogP contribution is 2.25. The lowest BCUT2D eigenvalue weighted by Crippen LogP contribution is -2.14. The van der Waals surface area contributed by atoms with E-state index < -0.39 is 6.09 Å². The SMILES string of the molecule is COC(=O)Nc1cccc(CO)c1COc1ccc(C)cc1C. The highest BCUT2D eigenvalue weighted by atomic mass is 16.5. The Bertz CT molecular complexity index is 697. The van der Waals surface area contributed by atoms with Crippen molar-refractivity contribution in [3.8, 4) is 5.75 Å². The molecule has 5 nitrogen and oxygen atoms in total. The molecule has 0 aromatic heterocycles. The van der Waals surface area contributed by atoms with Gasteiger partial charge in [-0.3, -0.25) is 5.32 Å². The molecule has 0 aliphatic heterocycles. The third-order valence-corrected chi connectivity index (χ3v) is 3.57. The van der Waals surface area contributed by atoms with Crippen molar-refractivity contribution < 1.29 is 19.4 Å². The van der Waals surface area contributed by atoms with Gasteiger partial charge in [-0.15, -0.1) is 0 Å². The van der Waals surface area contributed by atoms with Gasteiger partial charge in [0.2, 0.25) is 0 Å². The fourth-order valence-electron chi connectivity index (χ4n) is 2.34. The van der Waals surface area contributed by atoms with Crippen LogP contribution in [0.2, 0.25) is 0 Å². The van der Waals surface area contributed by atoms with Crippen molar-refractivity contribution >= 4 is 11.8 Å². The Kier molecular flexibility index (Phi) is 5.60. The highest BCUT2D eigenvalue weighted by Gasteiger charge is 2.12. The number of aryl methyl sites for hydroxylation is 2. The summed E-state index contributed by atoms with van der Waals surface area (Å²) in [6.07, 6.45) is -0.562. The standard InChI is InChI=1S/C18H21NO4/c1-12-7-8-17(13(2)9-12)23-11-15-14(10-20)5-4-6-16(15)19-18(21)22-3/h4-9,20H,10-11H2,1-3H3,(H,19,21). The van der Waals surface area contributed by atoms with Gasteiger partial charge in [0, 0.05) is 5.56 Å². The summed E-state index contributed by atoms with van der Waals surface area (Å²) in [7, 11) is 1.30. The van der Waals surface area contributed by atoms with Gasteiger partial charge in [-0.25, -0.2) is 4.79 Å². The van der Waals surface area contributed by atoms with Crippen molar-refractivity contribution in [1.82, 2.24) is 0 Å². The van der Waals surface area contributed by atoms with Crippen LogP contribution < -0.4 is 10.1 Å². The second kappa shape index (κ2) is 7.65. The molecule has 0 atom stereocenters. The first-order chi connectivity index (χ1) is 11.0. The summed E-state index contributed by atoms with van der Waals surface area (Å²) in [5.41, 5.74) is 4.19. The summed E-state index contributed by atoms with van der Waals surface area (Å²) < 4.78 is 10.5. The number of benzene rings is 2. The van der Waals surface area contributed by atoms with Gasteiger partial charge in [-0.05, 0) is 37.1 Å². The first-order valence-corrected chi connectivity index (χ1v) is 7.31. The second-order valence-corrected chi connectivity index (χ2v) is 5.28. The molecule has 0 aliphatic rings. The normalized spacial score (nSPS) is 10.3. The van der Waals surface area contributed by atoms with Crippen molar-refractivity contribution in [2.24, 2.45) is 0 Å². The molecule has 0 unspecified atom stereocenters. The van der Waals surface area contributed by atoms with Crippen LogP contribution in [0.1, 0.15) is 22.3 Å². The van der Waals surface area contributed by atoms with E-state index in [4.69, 9.17) is 4.74 Å². The first kappa shape index (κ1) is 16.8. The number of ether oxygens (including phenoxy) is 2. The maximum absolute atomic E-state index is 11.5. The molecule has 0 spiro atoms. The average molecular weight is 315 g/mol. The van der Waals surface area contributed by atoms with Gasteiger partial charge in [-0.2, -0.15) is 0 Å². The van der Waals surface area contributed by atoms with E-state index in [2.05, 4.69) is 10.1 Å². The van der Waals surface area contributed by atoms with E-state index in [0.29, 0.717) is 11.3 Å². The maximum Gasteiger partial charge on any atom is 0.411 e. The largest absolute Gasteiger partial charge is 0.489 e. The quantitative estimate of drug-likeness (QED) is 0.885. The van der Waals surface area contributed by atoms with Crippen molar-refractivity contribution in [1.29, 1.82) is 0 Å². The highest BCUT2D eigenvalue weighted by molar-refractivity contribution is 5.85. The van der Waals surface area contributed by atoms with Crippen LogP contribution in [0.15, 0.2) is 36.4 Å². The molecule has 0 fully saturated rings. The first-order valence-electron chi connectivity index (χ1n) is 7.31. The smallest absolute Gasteiger partial charge is 0.411 e. The molecule has 0 aliphatic carbocycles. The van der Waals surface area contributed by atoms with Gasteiger partial charge in [0.15, 0.2) is 0 Å². The molecule has 0 saturated carbocycles. The lowest BCUT2D eigenvalue weighted by Gasteiger charge is -2.16. The van der Waals surface area contributed by atoms with Gasteiger partial charge in [-0.1, -0.05) is 29.8 Å². The summed E-state index contributed by atoms with van der Waals surface area (Å²) >= 11 is 0. The van der Waals surface area contributed by atoms with Crippen molar-refractivity contribution in [2.45, 2.75) is 27.1 Å².